The summed E-state index contributed by atoms with van der Waals surface area (Å²) in [6.07, 6.45) is 6.70. The highest BCUT2D eigenvalue weighted by atomic mass is 127. The molecule has 1 aromatic rings. The Hall–Kier alpha value is -1.30. The highest BCUT2D eigenvalue weighted by molar-refractivity contribution is 14.1. The van der Waals surface area contributed by atoms with Gasteiger partial charge in [-0.15, -0.1) is 0 Å². The molecule has 0 heterocycles. The van der Waals surface area contributed by atoms with Crippen LogP contribution in [-0.4, -0.2) is 19.7 Å². The summed E-state index contributed by atoms with van der Waals surface area (Å²) in [7, 11) is 1.64. The highest BCUT2D eigenvalue weighted by Gasteiger charge is 1.99. The van der Waals surface area contributed by atoms with Gasteiger partial charge in [-0.25, -0.2) is 4.79 Å². The van der Waals surface area contributed by atoms with Gasteiger partial charge in [0.05, 0.1) is 13.7 Å². The van der Waals surface area contributed by atoms with Gasteiger partial charge in [0.15, 0.2) is 0 Å². The molecule has 0 aliphatic carbocycles. The number of ether oxygens (including phenoxy) is 2. The van der Waals surface area contributed by atoms with Crippen molar-refractivity contribution in [3.63, 3.8) is 0 Å². The molecule has 0 atom stereocenters. The summed E-state index contributed by atoms with van der Waals surface area (Å²) in [5.41, 5.74) is 0.964. The number of rotatable bonds is 5. The summed E-state index contributed by atoms with van der Waals surface area (Å²) < 4.78 is 11.2. The lowest BCUT2D eigenvalue weighted by Crippen LogP contribution is -1.98. The van der Waals surface area contributed by atoms with Gasteiger partial charge in [0, 0.05) is 15.2 Å². The number of methoxy groups -OCH3 is 1. The zero-order valence-corrected chi connectivity index (χ0v) is 12.5. The van der Waals surface area contributed by atoms with Crippen LogP contribution < -0.4 is 4.74 Å². The molecule has 0 saturated heterocycles. The highest BCUT2D eigenvalue weighted by Crippen LogP contribution is 2.22. The zero-order valence-electron chi connectivity index (χ0n) is 10.4. The van der Waals surface area contributed by atoms with E-state index in [1.165, 1.54) is 6.08 Å². The SMILES string of the molecule is CCOC(=O)/C=C/C=C/c1ccc(I)cc1OC. The topological polar surface area (TPSA) is 35.5 Å². The van der Waals surface area contributed by atoms with E-state index in [0.29, 0.717) is 6.61 Å². The summed E-state index contributed by atoms with van der Waals surface area (Å²) in [6, 6.07) is 5.92. The number of halogens is 1. The second kappa shape index (κ2) is 7.92. The van der Waals surface area contributed by atoms with Crippen LogP contribution in [0.2, 0.25) is 0 Å². The second-order valence-electron chi connectivity index (χ2n) is 3.36. The van der Waals surface area contributed by atoms with E-state index in [1.54, 1.807) is 26.2 Å². The third-order valence-corrected chi connectivity index (χ3v) is 2.77. The molecule has 1 aromatic carbocycles. The molecular formula is C14H15IO3. The van der Waals surface area contributed by atoms with Crippen molar-refractivity contribution in [3.05, 3.63) is 45.6 Å². The number of allylic oxidation sites excluding steroid dienone is 2. The average molecular weight is 358 g/mol. The van der Waals surface area contributed by atoms with Gasteiger partial charge < -0.3 is 9.47 Å². The first-order valence-electron chi connectivity index (χ1n) is 5.52. The van der Waals surface area contributed by atoms with Crippen LogP contribution in [0.1, 0.15) is 12.5 Å². The summed E-state index contributed by atoms with van der Waals surface area (Å²) in [4.78, 5) is 11.1. The maximum Gasteiger partial charge on any atom is 0.330 e. The monoisotopic (exact) mass is 358 g/mol. The van der Waals surface area contributed by atoms with Gasteiger partial charge in [-0.3, -0.25) is 0 Å². The molecule has 0 aliphatic rings. The van der Waals surface area contributed by atoms with Crippen molar-refractivity contribution >= 4 is 34.6 Å². The van der Waals surface area contributed by atoms with Gasteiger partial charge in [-0.2, -0.15) is 0 Å². The lowest BCUT2D eigenvalue weighted by atomic mass is 10.2. The van der Waals surface area contributed by atoms with Crippen LogP contribution >= 0.6 is 22.6 Å². The van der Waals surface area contributed by atoms with Crippen molar-refractivity contribution in [3.8, 4) is 5.75 Å². The molecule has 1 rings (SSSR count). The Labute approximate surface area is 121 Å². The van der Waals surface area contributed by atoms with Crippen molar-refractivity contribution in [2.75, 3.05) is 13.7 Å². The third kappa shape index (κ3) is 4.91. The van der Waals surface area contributed by atoms with Gasteiger partial charge in [0.2, 0.25) is 0 Å². The first kappa shape index (κ1) is 14.8. The molecule has 0 fully saturated rings. The molecule has 18 heavy (non-hydrogen) atoms. The minimum absolute atomic E-state index is 0.336. The van der Waals surface area contributed by atoms with E-state index in [1.807, 2.05) is 24.3 Å². The van der Waals surface area contributed by atoms with E-state index < -0.39 is 0 Å². The molecule has 0 N–H and O–H groups in total. The number of carbonyl (C=O) groups excluding carboxylic acids is 1. The number of esters is 1. The van der Waals surface area contributed by atoms with Crippen LogP contribution in [0, 0.1) is 3.57 Å². The fourth-order valence-corrected chi connectivity index (χ4v) is 1.77. The van der Waals surface area contributed by atoms with E-state index in [0.717, 1.165) is 14.9 Å². The Morgan fingerprint density at radius 1 is 1.39 bits per heavy atom. The smallest absolute Gasteiger partial charge is 0.330 e. The van der Waals surface area contributed by atoms with Gasteiger partial charge in [0.25, 0.3) is 0 Å². The summed E-state index contributed by atoms with van der Waals surface area (Å²) in [5.74, 6) is 0.472. The quantitative estimate of drug-likeness (QED) is 0.350. The lowest BCUT2D eigenvalue weighted by molar-refractivity contribution is -0.137. The largest absolute Gasteiger partial charge is 0.496 e. The molecule has 96 valence electrons. The van der Waals surface area contributed by atoms with Crippen molar-refractivity contribution in [1.29, 1.82) is 0 Å². The fraction of sp³-hybridized carbons (Fsp3) is 0.214. The molecule has 0 unspecified atom stereocenters. The van der Waals surface area contributed by atoms with E-state index in [4.69, 9.17) is 9.47 Å². The molecule has 0 amide bonds. The predicted molar refractivity (Wildman–Crippen MR) is 80.5 cm³/mol. The van der Waals surface area contributed by atoms with Crippen LogP contribution in [-0.2, 0) is 9.53 Å². The normalized spacial score (nSPS) is 11.1. The van der Waals surface area contributed by atoms with Crippen molar-refractivity contribution in [2.24, 2.45) is 0 Å². The minimum atomic E-state index is -0.336. The molecule has 3 nitrogen and oxygen atoms in total. The van der Waals surface area contributed by atoms with Crippen LogP contribution in [0.4, 0.5) is 0 Å². The molecule has 0 bridgehead atoms. The first-order chi connectivity index (χ1) is 8.67. The maximum atomic E-state index is 11.1. The third-order valence-electron chi connectivity index (χ3n) is 2.10. The molecule has 4 heteroatoms. The number of hydrogen-bond acceptors (Lipinski definition) is 3. The zero-order chi connectivity index (χ0) is 13.4. The molecule has 0 spiro atoms. The molecular weight excluding hydrogens is 343 g/mol. The van der Waals surface area contributed by atoms with Gasteiger partial charge in [-0.05, 0) is 41.6 Å². The fourth-order valence-electron chi connectivity index (χ4n) is 1.31. The van der Waals surface area contributed by atoms with E-state index >= 15 is 0 Å². The standard InChI is InChI=1S/C14H15IO3/c1-3-18-14(16)7-5-4-6-11-8-9-12(15)10-13(11)17-2/h4-10H,3H2,1-2H3/b6-4+,7-5+. The van der Waals surface area contributed by atoms with E-state index in [9.17, 15) is 4.79 Å². The second-order valence-corrected chi connectivity index (χ2v) is 4.60. The number of benzene rings is 1. The Morgan fingerprint density at radius 3 is 2.83 bits per heavy atom. The summed E-state index contributed by atoms with van der Waals surface area (Å²) >= 11 is 2.23. The Balaban J connectivity index is 2.70. The van der Waals surface area contributed by atoms with E-state index in [-0.39, 0.29) is 5.97 Å². The number of hydrogen-bond donors (Lipinski definition) is 0. The van der Waals surface area contributed by atoms with Crippen LogP contribution in [0.15, 0.2) is 36.4 Å². The van der Waals surface area contributed by atoms with Gasteiger partial charge in [0.1, 0.15) is 5.75 Å². The lowest BCUT2D eigenvalue weighted by Gasteiger charge is -2.04. The molecule has 0 aliphatic heterocycles. The van der Waals surface area contributed by atoms with Crippen molar-refractivity contribution in [1.82, 2.24) is 0 Å². The Morgan fingerprint density at radius 2 is 2.17 bits per heavy atom. The maximum absolute atomic E-state index is 11.1. The van der Waals surface area contributed by atoms with E-state index in [2.05, 4.69) is 22.6 Å². The Kier molecular flexibility index (Phi) is 6.49. The van der Waals surface area contributed by atoms with Crippen LogP contribution in [0.3, 0.4) is 0 Å². The van der Waals surface area contributed by atoms with Gasteiger partial charge in [-0.1, -0.05) is 24.3 Å². The minimum Gasteiger partial charge on any atom is -0.496 e. The average Bonchev–Trinajstić information content (AvgIpc) is 2.36. The molecule has 0 aromatic heterocycles. The Bertz CT molecular complexity index is 464. The molecule has 0 saturated carbocycles. The predicted octanol–water partition coefficient (Wildman–Crippen LogP) is 3.43. The molecule has 0 radical (unpaired) electrons. The van der Waals surface area contributed by atoms with Crippen molar-refractivity contribution in [2.45, 2.75) is 6.92 Å². The van der Waals surface area contributed by atoms with Crippen LogP contribution in [0.5, 0.6) is 5.75 Å². The summed E-state index contributed by atoms with van der Waals surface area (Å²) in [5, 5.41) is 0. The van der Waals surface area contributed by atoms with Crippen molar-refractivity contribution < 1.29 is 14.3 Å². The van der Waals surface area contributed by atoms with Crippen LogP contribution in [0.25, 0.3) is 6.08 Å². The summed E-state index contributed by atoms with van der Waals surface area (Å²) in [6.45, 7) is 2.16. The number of carbonyl (C=O) groups is 1. The van der Waals surface area contributed by atoms with Gasteiger partial charge >= 0.3 is 5.97 Å². The first-order valence-corrected chi connectivity index (χ1v) is 6.60.